The zero-order valence-corrected chi connectivity index (χ0v) is 10.9. The number of aryl methyl sites for hydroxylation is 1. The van der Waals surface area contributed by atoms with E-state index in [0.29, 0.717) is 0 Å². The third-order valence-electron chi connectivity index (χ3n) is 3.80. The molecule has 0 aliphatic heterocycles. The Morgan fingerprint density at radius 1 is 1.59 bits per heavy atom. The number of rotatable bonds is 6. The van der Waals surface area contributed by atoms with Gasteiger partial charge in [-0.25, -0.2) is 4.68 Å². The van der Waals surface area contributed by atoms with Crippen LogP contribution in [0.4, 0.5) is 0 Å². The van der Waals surface area contributed by atoms with Crippen LogP contribution in [0.3, 0.4) is 0 Å². The van der Waals surface area contributed by atoms with Gasteiger partial charge in [-0.05, 0) is 32.7 Å². The van der Waals surface area contributed by atoms with Crippen LogP contribution in [-0.2, 0) is 11.3 Å². The van der Waals surface area contributed by atoms with Gasteiger partial charge in [-0.1, -0.05) is 12.1 Å². The van der Waals surface area contributed by atoms with Crippen LogP contribution in [-0.4, -0.2) is 34.8 Å². The summed E-state index contributed by atoms with van der Waals surface area (Å²) in [4.78, 5) is 0. The molecule has 1 atom stereocenters. The topological polar surface area (TPSA) is 52.0 Å². The molecule has 0 aromatic carbocycles. The van der Waals surface area contributed by atoms with Gasteiger partial charge in [-0.15, -0.1) is 5.10 Å². The molecular weight excluding hydrogens is 216 g/mol. The van der Waals surface area contributed by atoms with Gasteiger partial charge in [0.05, 0.1) is 23.5 Å². The molecule has 1 unspecified atom stereocenters. The van der Waals surface area contributed by atoms with Gasteiger partial charge in [-0.2, -0.15) is 0 Å². The lowest BCUT2D eigenvalue weighted by molar-refractivity contribution is -0.100. The highest BCUT2D eigenvalue weighted by Crippen LogP contribution is 2.44. The van der Waals surface area contributed by atoms with Crippen LogP contribution in [0.1, 0.15) is 44.3 Å². The molecule has 1 aromatic rings. The van der Waals surface area contributed by atoms with Gasteiger partial charge < -0.3 is 10.1 Å². The molecular formula is C12H22N4O. The molecule has 1 N–H and O–H groups in total. The van der Waals surface area contributed by atoms with E-state index < -0.39 is 0 Å². The zero-order chi connectivity index (χ0) is 12.3. The molecule has 0 spiro atoms. The molecule has 0 bridgehead atoms. The number of hydrogen-bond acceptors (Lipinski definition) is 4. The summed E-state index contributed by atoms with van der Waals surface area (Å²) in [5, 5.41) is 11.6. The van der Waals surface area contributed by atoms with Gasteiger partial charge in [0.25, 0.3) is 0 Å². The molecule has 1 fully saturated rings. The SMILES string of the molecule is CCCn1nncc1C(NC)C1(OC)CCC1. The first-order chi connectivity index (χ1) is 8.27. The quantitative estimate of drug-likeness (QED) is 0.816. The molecule has 1 aromatic heterocycles. The summed E-state index contributed by atoms with van der Waals surface area (Å²) < 4.78 is 7.74. The van der Waals surface area contributed by atoms with Crippen LogP contribution < -0.4 is 5.32 Å². The van der Waals surface area contributed by atoms with Crippen molar-refractivity contribution in [3.05, 3.63) is 11.9 Å². The summed E-state index contributed by atoms with van der Waals surface area (Å²) in [6, 6.07) is 0.183. The Balaban J connectivity index is 2.25. The summed E-state index contributed by atoms with van der Waals surface area (Å²) in [5.74, 6) is 0. The molecule has 96 valence electrons. The van der Waals surface area contributed by atoms with E-state index in [2.05, 4.69) is 22.6 Å². The minimum Gasteiger partial charge on any atom is -0.376 e. The number of aromatic nitrogens is 3. The first kappa shape index (κ1) is 12.5. The highest BCUT2D eigenvalue weighted by molar-refractivity contribution is 5.13. The second-order valence-corrected chi connectivity index (χ2v) is 4.73. The average molecular weight is 238 g/mol. The second kappa shape index (κ2) is 5.14. The third kappa shape index (κ3) is 2.09. The first-order valence-corrected chi connectivity index (χ1v) is 6.38. The summed E-state index contributed by atoms with van der Waals surface area (Å²) >= 11 is 0. The monoisotopic (exact) mass is 238 g/mol. The van der Waals surface area contributed by atoms with E-state index in [-0.39, 0.29) is 11.6 Å². The van der Waals surface area contributed by atoms with Gasteiger partial charge in [0.1, 0.15) is 0 Å². The molecule has 0 radical (unpaired) electrons. The van der Waals surface area contributed by atoms with E-state index in [9.17, 15) is 0 Å². The summed E-state index contributed by atoms with van der Waals surface area (Å²) in [6.45, 7) is 3.06. The maximum absolute atomic E-state index is 5.75. The molecule has 1 heterocycles. The van der Waals surface area contributed by atoms with Crippen molar-refractivity contribution in [1.29, 1.82) is 0 Å². The van der Waals surface area contributed by atoms with E-state index in [0.717, 1.165) is 31.5 Å². The van der Waals surface area contributed by atoms with Crippen LogP contribution in [0.5, 0.6) is 0 Å². The van der Waals surface area contributed by atoms with Crippen LogP contribution in [0.2, 0.25) is 0 Å². The van der Waals surface area contributed by atoms with E-state index in [1.54, 1.807) is 7.11 Å². The van der Waals surface area contributed by atoms with Crippen LogP contribution in [0, 0.1) is 0 Å². The van der Waals surface area contributed by atoms with Crippen molar-refractivity contribution in [3.63, 3.8) is 0 Å². The third-order valence-corrected chi connectivity index (χ3v) is 3.80. The standard InChI is InChI=1S/C12H22N4O/c1-4-8-16-10(9-14-15-16)11(13-2)12(17-3)6-5-7-12/h9,11,13H,4-8H2,1-3H3. The van der Waals surface area contributed by atoms with E-state index in [1.807, 2.05) is 17.9 Å². The van der Waals surface area contributed by atoms with Crippen molar-refractivity contribution in [2.24, 2.45) is 0 Å². The lowest BCUT2D eigenvalue weighted by Crippen LogP contribution is -2.50. The summed E-state index contributed by atoms with van der Waals surface area (Å²) in [5.41, 5.74) is 1.07. The molecule has 1 saturated carbocycles. The Kier molecular flexibility index (Phi) is 3.79. The molecule has 17 heavy (non-hydrogen) atoms. The number of hydrogen-bond donors (Lipinski definition) is 1. The predicted octanol–water partition coefficient (Wildman–Crippen LogP) is 1.52. The molecule has 0 saturated heterocycles. The van der Waals surface area contributed by atoms with Crippen LogP contribution >= 0.6 is 0 Å². The number of ether oxygens (including phenoxy) is 1. The van der Waals surface area contributed by atoms with Crippen molar-refractivity contribution in [2.45, 2.75) is 50.8 Å². The van der Waals surface area contributed by atoms with Crippen molar-refractivity contribution in [2.75, 3.05) is 14.2 Å². The van der Waals surface area contributed by atoms with Crippen molar-refractivity contribution >= 4 is 0 Å². The maximum atomic E-state index is 5.75. The fourth-order valence-electron chi connectivity index (χ4n) is 2.69. The van der Waals surface area contributed by atoms with Gasteiger partial charge in [0, 0.05) is 13.7 Å². The fraction of sp³-hybridized carbons (Fsp3) is 0.833. The zero-order valence-electron chi connectivity index (χ0n) is 10.9. The van der Waals surface area contributed by atoms with Crippen LogP contribution in [0.25, 0.3) is 0 Å². The first-order valence-electron chi connectivity index (χ1n) is 6.38. The van der Waals surface area contributed by atoms with Gasteiger partial charge in [0.2, 0.25) is 0 Å². The molecule has 2 rings (SSSR count). The average Bonchev–Trinajstić information content (AvgIpc) is 2.72. The normalized spacial score (nSPS) is 19.9. The molecule has 5 nitrogen and oxygen atoms in total. The maximum Gasteiger partial charge on any atom is 0.0888 e. The number of nitrogens with one attached hydrogen (secondary N) is 1. The fourth-order valence-corrected chi connectivity index (χ4v) is 2.69. The Bertz CT molecular complexity index is 354. The molecule has 5 heteroatoms. The van der Waals surface area contributed by atoms with E-state index in [1.165, 1.54) is 6.42 Å². The predicted molar refractivity (Wildman–Crippen MR) is 65.7 cm³/mol. The smallest absolute Gasteiger partial charge is 0.0888 e. The Labute approximate surface area is 103 Å². The van der Waals surface area contributed by atoms with E-state index >= 15 is 0 Å². The number of methoxy groups -OCH3 is 1. The van der Waals surface area contributed by atoms with Crippen LogP contribution in [0.15, 0.2) is 6.20 Å². The van der Waals surface area contributed by atoms with E-state index in [4.69, 9.17) is 4.74 Å². The number of nitrogens with zero attached hydrogens (tertiary/aromatic N) is 3. The second-order valence-electron chi connectivity index (χ2n) is 4.73. The van der Waals surface area contributed by atoms with Crippen molar-refractivity contribution in [3.8, 4) is 0 Å². The Morgan fingerprint density at radius 2 is 2.35 bits per heavy atom. The lowest BCUT2D eigenvalue weighted by Gasteiger charge is -2.46. The lowest BCUT2D eigenvalue weighted by atomic mass is 9.73. The highest BCUT2D eigenvalue weighted by atomic mass is 16.5. The van der Waals surface area contributed by atoms with Gasteiger partial charge in [0.15, 0.2) is 0 Å². The minimum atomic E-state index is -0.0675. The van der Waals surface area contributed by atoms with Crippen molar-refractivity contribution in [1.82, 2.24) is 20.3 Å². The van der Waals surface area contributed by atoms with Gasteiger partial charge in [-0.3, -0.25) is 0 Å². The summed E-state index contributed by atoms with van der Waals surface area (Å²) in [7, 11) is 3.78. The molecule has 1 aliphatic carbocycles. The molecule has 0 amide bonds. The highest BCUT2D eigenvalue weighted by Gasteiger charge is 2.45. The minimum absolute atomic E-state index is 0.0675. The Morgan fingerprint density at radius 3 is 2.82 bits per heavy atom. The van der Waals surface area contributed by atoms with Crippen molar-refractivity contribution < 1.29 is 4.74 Å². The summed E-state index contributed by atoms with van der Waals surface area (Å²) in [6.07, 6.45) is 6.36. The Hall–Kier alpha value is -0.940. The largest absolute Gasteiger partial charge is 0.376 e. The van der Waals surface area contributed by atoms with Gasteiger partial charge >= 0.3 is 0 Å². The molecule has 1 aliphatic rings. The number of likely N-dealkylation sites (N-methyl/N-ethyl adjacent to an activating group) is 1.